The summed E-state index contributed by atoms with van der Waals surface area (Å²) in [5.74, 6) is -1.69. The fourth-order valence-electron chi connectivity index (χ4n) is 6.23. The van der Waals surface area contributed by atoms with Crippen molar-refractivity contribution in [2.75, 3.05) is 11.6 Å². The zero-order valence-electron chi connectivity index (χ0n) is 18.0. The molecule has 0 spiro atoms. The van der Waals surface area contributed by atoms with Crippen molar-refractivity contribution < 1.29 is 27.6 Å². The van der Waals surface area contributed by atoms with Crippen LogP contribution in [0.4, 0.5) is 18.9 Å². The van der Waals surface area contributed by atoms with E-state index in [2.05, 4.69) is 0 Å². The number of anilines is 1. The molecule has 5 aliphatic rings. The molecule has 1 aliphatic heterocycles. The van der Waals surface area contributed by atoms with E-state index < -0.39 is 48.0 Å². The molecule has 1 saturated heterocycles. The van der Waals surface area contributed by atoms with E-state index >= 15 is 0 Å². The summed E-state index contributed by atoms with van der Waals surface area (Å²) in [6, 6.07) is 12.6. The zero-order valence-corrected chi connectivity index (χ0v) is 18.0. The number of halogens is 3. The lowest BCUT2D eigenvalue weighted by atomic mass is 9.63. The average molecular weight is 466 g/mol. The van der Waals surface area contributed by atoms with Gasteiger partial charge in [0.2, 0.25) is 11.8 Å². The molecule has 2 bridgehead atoms. The Kier molecular flexibility index (Phi) is 4.53. The van der Waals surface area contributed by atoms with E-state index in [-0.39, 0.29) is 23.1 Å². The number of para-hydroxylation sites is 1. The molecule has 3 amide bonds. The van der Waals surface area contributed by atoms with Crippen LogP contribution < -0.4 is 4.90 Å². The second-order valence-electron chi connectivity index (χ2n) is 9.51. The highest BCUT2D eigenvalue weighted by Crippen LogP contribution is 2.65. The molecule has 6 unspecified atom stereocenters. The van der Waals surface area contributed by atoms with Crippen LogP contribution in [0.25, 0.3) is 0 Å². The summed E-state index contributed by atoms with van der Waals surface area (Å²) in [5, 5.41) is 0. The molecule has 1 heterocycles. The molecule has 2 aromatic carbocycles. The van der Waals surface area contributed by atoms with Gasteiger partial charge in [-0.3, -0.25) is 24.2 Å². The highest BCUT2D eigenvalue weighted by atomic mass is 19.4. The van der Waals surface area contributed by atoms with Crippen molar-refractivity contribution in [1.29, 1.82) is 0 Å². The summed E-state index contributed by atoms with van der Waals surface area (Å²) in [7, 11) is 0. The molecule has 7 rings (SSSR count). The maximum Gasteiger partial charge on any atom is 0.418 e. The summed E-state index contributed by atoms with van der Waals surface area (Å²) in [4.78, 5) is 42.2. The van der Waals surface area contributed by atoms with E-state index in [1.807, 2.05) is 12.2 Å². The van der Waals surface area contributed by atoms with Gasteiger partial charge in [0.1, 0.15) is 6.67 Å². The van der Waals surface area contributed by atoms with Gasteiger partial charge in [-0.15, -0.1) is 0 Å². The van der Waals surface area contributed by atoms with Gasteiger partial charge in [-0.05, 0) is 54.4 Å². The number of amides is 3. The average Bonchev–Trinajstić information content (AvgIpc) is 3.62. The lowest BCUT2D eigenvalue weighted by Crippen LogP contribution is -2.45. The molecule has 0 aromatic heterocycles. The molecule has 0 radical (unpaired) electrons. The first-order chi connectivity index (χ1) is 16.3. The molecule has 2 saturated carbocycles. The first kappa shape index (κ1) is 21.1. The van der Waals surface area contributed by atoms with Gasteiger partial charge in [-0.25, -0.2) is 0 Å². The number of rotatable bonds is 4. The first-order valence-corrected chi connectivity index (χ1v) is 11.3. The lowest BCUT2D eigenvalue weighted by molar-refractivity contribution is -0.140. The topological polar surface area (TPSA) is 57.7 Å². The predicted molar refractivity (Wildman–Crippen MR) is 116 cm³/mol. The van der Waals surface area contributed by atoms with E-state index in [0.717, 1.165) is 22.3 Å². The van der Waals surface area contributed by atoms with Gasteiger partial charge < -0.3 is 0 Å². The van der Waals surface area contributed by atoms with Crippen LogP contribution in [-0.2, 0) is 15.8 Å². The summed E-state index contributed by atoms with van der Waals surface area (Å²) < 4.78 is 41.5. The standard InChI is InChI=1S/C26H21F3N2O3/c27-26(28,29)19-8-4-5-9-20(19)30(23(32)14-6-2-1-3-7-14)13-31-24(33)21-15-10-11-16(18-12-17(15)18)22(21)25(31)34/h1-11,15-18,21-22H,12-13H2. The predicted octanol–water partition coefficient (Wildman–Crippen LogP) is 4.36. The van der Waals surface area contributed by atoms with Gasteiger partial charge in [-0.2, -0.15) is 13.2 Å². The Hall–Kier alpha value is -3.42. The number of carbonyl (C=O) groups excluding carboxylic acids is 3. The third kappa shape index (κ3) is 3.04. The summed E-state index contributed by atoms with van der Waals surface area (Å²) in [5.41, 5.74) is -1.22. The highest BCUT2D eigenvalue weighted by molar-refractivity contribution is 6.10. The van der Waals surface area contributed by atoms with Crippen molar-refractivity contribution in [3.63, 3.8) is 0 Å². The van der Waals surface area contributed by atoms with Crippen LogP contribution in [0.3, 0.4) is 0 Å². The van der Waals surface area contributed by atoms with Gasteiger partial charge >= 0.3 is 6.18 Å². The maximum absolute atomic E-state index is 13.8. The van der Waals surface area contributed by atoms with Crippen LogP contribution in [-0.4, -0.2) is 29.3 Å². The van der Waals surface area contributed by atoms with Crippen LogP contribution in [0, 0.1) is 35.5 Å². The molecule has 2 aromatic rings. The Bertz CT molecular complexity index is 1190. The van der Waals surface area contributed by atoms with Crippen molar-refractivity contribution in [3.05, 3.63) is 77.9 Å². The number of imide groups is 1. The smallest absolute Gasteiger partial charge is 0.289 e. The third-order valence-corrected chi connectivity index (χ3v) is 7.80. The number of carbonyl (C=O) groups is 3. The maximum atomic E-state index is 13.8. The second kappa shape index (κ2) is 7.29. The monoisotopic (exact) mass is 466 g/mol. The number of alkyl halides is 3. The summed E-state index contributed by atoms with van der Waals surface area (Å²) >= 11 is 0. The molecule has 6 atom stereocenters. The second-order valence-corrected chi connectivity index (χ2v) is 9.51. The van der Waals surface area contributed by atoms with Crippen molar-refractivity contribution >= 4 is 23.4 Å². The van der Waals surface area contributed by atoms with Crippen LogP contribution in [0.5, 0.6) is 0 Å². The van der Waals surface area contributed by atoms with Gasteiger partial charge in [0.05, 0.1) is 23.1 Å². The summed E-state index contributed by atoms with van der Waals surface area (Å²) in [6.45, 7) is -0.555. The van der Waals surface area contributed by atoms with E-state index in [9.17, 15) is 27.6 Å². The van der Waals surface area contributed by atoms with Gasteiger partial charge in [-0.1, -0.05) is 42.5 Å². The van der Waals surface area contributed by atoms with Gasteiger partial charge in [0.15, 0.2) is 0 Å². The number of likely N-dealkylation sites (tertiary alicyclic amines) is 1. The molecule has 174 valence electrons. The van der Waals surface area contributed by atoms with Crippen molar-refractivity contribution in [1.82, 2.24) is 4.90 Å². The van der Waals surface area contributed by atoms with Crippen LogP contribution in [0.2, 0.25) is 0 Å². The fourth-order valence-corrected chi connectivity index (χ4v) is 6.23. The van der Waals surface area contributed by atoms with E-state index in [0.29, 0.717) is 11.8 Å². The minimum Gasteiger partial charge on any atom is -0.289 e. The van der Waals surface area contributed by atoms with Crippen LogP contribution in [0.15, 0.2) is 66.7 Å². The molecule has 4 aliphatic carbocycles. The molecular formula is C26H21F3N2O3. The Morgan fingerprint density at radius 3 is 2.03 bits per heavy atom. The Labute approximate surface area is 193 Å². The molecule has 34 heavy (non-hydrogen) atoms. The number of hydrogen-bond donors (Lipinski definition) is 0. The van der Waals surface area contributed by atoms with Gasteiger partial charge in [0.25, 0.3) is 5.91 Å². The van der Waals surface area contributed by atoms with Crippen LogP contribution in [0.1, 0.15) is 22.3 Å². The summed E-state index contributed by atoms with van der Waals surface area (Å²) in [6.07, 6.45) is 0.345. The zero-order chi connectivity index (χ0) is 23.8. The minimum atomic E-state index is -4.72. The molecular weight excluding hydrogens is 445 g/mol. The fraction of sp³-hybridized carbons (Fsp3) is 0.346. The first-order valence-electron chi connectivity index (χ1n) is 11.3. The molecule has 8 heteroatoms. The van der Waals surface area contributed by atoms with E-state index in [4.69, 9.17) is 0 Å². The Morgan fingerprint density at radius 1 is 0.882 bits per heavy atom. The van der Waals surface area contributed by atoms with E-state index in [1.54, 1.807) is 18.2 Å². The lowest BCUT2D eigenvalue weighted by Gasteiger charge is -2.37. The minimum absolute atomic E-state index is 0.0119. The molecule has 5 nitrogen and oxygen atoms in total. The highest BCUT2D eigenvalue weighted by Gasteiger charge is 2.67. The Balaban J connectivity index is 1.39. The van der Waals surface area contributed by atoms with Crippen molar-refractivity contribution in [2.24, 2.45) is 35.5 Å². The molecule has 0 N–H and O–H groups in total. The van der Waals surface area contributed by atoms with Crippen molar-refractivity contribution in [2.45, 2.75) is 12.6 Å². The van der Waals surface area contributed by atoms with Gasteiger partial charge in [0, 0.05) is 5.56 Å². The quantitative estimate of drug-likeness (QED) is 0.497. The van der Waals surface area contributed by atoms with Crippen molar-refractivity contribution in [3.8, 4) is 0 Å². The number of nitrogens with zero attached hydrogens (tertiary/aromatic N) is 2. The number of hydrogen-bond acceptors (Lipinski definition) is 3. The third-order valence-electron chi connectivity index (χ3n) is 7.80. The number of allylic oxidation sites excluding steroid dienone is 2. The molecule has 3 fully saturated rings. The largest absolute Gasteiger partial charge is 0.418 e. The number of benzene rings is 2. The van der Waals surface area contributed by atoms with Crippen LogP contribution >= 0.6 is 0 Å². The van der Waals surface area contributed by atoms with E-state index in [1.165, 1.54) is 30.3 Å². The Morgan fingerprint density at radius 2 is 1.44 bits per heavy atom. The SMILES string of the molecule is O=C1C2C3C=CC(C4CC34)C2C(=O)N1CN(C(=O)c1ccccc1)c1ccccc1C(F)(F)F. The normalized spacial score (nSPS) is 30.9.